The highest BCUT2D eigenvalue weighted by Crippen LogP contribution is 2.16. The van der Waals surface area contributed by atoms with E-state index >= 15 is 0 Å². The molecule has 1 fully saturated rings. The zero-order valence-corrected chi connectivity index (χ0v) is 14.7. The minimum absolute atomic E-state index is 0.0382. The third-order valence-electron chi connectivity index (χ3n) is 4.63. The number of carbonyl (C=O) groups is 2. The molecule has 1 aliphatic rings. The van der Waals surface area contributed by atoms with E-state index in [0.717, 1.165) is 36.8 Å². The van der Waals surface area contributed by atoms with Crippen molar-refractivity contribution in [1.29, 1.82) is 0 Å². The van der Waals surface area contributed by atoms with Gasteiger partial charge in [-0.15, -0.1) is 0 Å². The predicted molar refractivity (Wildman–Crippen MR) is 96.3 cm³/mol. The van der Waals surface area contributed by atoms with Crippen LogP contribution in [0.5, 0.6) is 0 Å². The van der Waals surface area contributed by atoms with Gasteiger partial charge >= 0.3 is 0 Å². The summed E-state index contributed by atoms with van der Waals surface area (Å²) in [7, 11) is 0. The predicted octanol–water partition coefficient (Wildman–Crippen LogP) is 1.28. The molecule has 1 aromatic heterocycles. The van der Waals surface area contributed by atoms with Crippen molar-refractivity contribution in [3.05, 3.63) is 30.0 Å². The Labute approximate surface area is 147 Å². The number of rotatable bonds is 6. The molecular weight excluding hydrogens is 318 g/mol. The Morgan fingerprint density at radius 3 is 2.92 bits per heavy atom. The summed E-state index contributed by atoms with van der Waals surface area (Å²) in [5.41, 5.74) is 1.12. The lowest BCUT2D eigenvalue weighted by Crippen LogP contribution is -2.51. The molecule has 0 radical (unpaired) electrons. The Balaban J connectivity index is 1.70. The van der Waals surface area contributed by atoms with E-state index in [0.29, 0.717) is 12.2 Å². The number of hydrogen-bond acceptors (Lipinski definition) is 4. The van der Waals surface area contributed by atoms with Crippen LogP contribution in [0.1, 0.15) is 37.2 Å². The van der Waals surface area contributed by atoms with Crippen molar-refractivity contribution in [2.45, 2.75) is 38.8 Å². The number of H-pyrrole nitrogens is 1. The number of aromatic amines is 1. The summed E-state index contributed by atoms with van der Waals surface area (Å²) < 4.78 is 0. The van der Waals surface area contributed by atoms with Crippen molar-refractivity contribution in [3.63, 3.8) is 0 Å². The highest BCUT2D eigenvalue weighted by Gasteiger charge is 2.30. The fourth-order valence-corrected chi connectivity index (χ4v) is 3.33. The van der Waals surface area contributed by atoms with E-state index in [2.05, 4.69) is 27.8 Å². The quantitative estimate of drug-likeness (QED) is 0.737. The molecule has 1 saturated heterocycles. The summed E-state index contributed by atoms with van der Waals surface area (Å²) in [5, 5.41) is 13.8. The van der Waals surface area contributed by atoms with Crippen molar-refractivity contribution in [2.75, 3.05) is 19.6 Å². The van der Waals surface area contributed by atoms with E-state index in [4.69, 9.17) is 0 Å². The average Bonchev–Trinajstić information content (AvgIpc) is 3.28. The van der Waals surface area contributed by atoms with Crippen LogP contribution in [0.3, 0.4) is 0 Å². The van der Waals surface area contributed by atoms with Gasteiger partial charge in [0.25, 0.3) is 5.91 Å². The Morgan fingerprint density at radius 1 is 1.40 bits per heavy atom. The van der Waals surface area contributed by atoms with E-state index in [-0.39, 0.29) is 17.9 Å². The molecule has 2 aromatic rings. The highest BCUT2D eigenvalue weighted by atomic mass is 16.2. The van der Waals surface area contributed by atoms with E-state index in [9.17, 15) is 9.59 Å². The number of hydrogen-bond donors (Lipinski definition) is 3. The Bertz CT molecular complexity index is 751. The third-order valence-corrected chi connectivity index (χ3v) is 4.63. The number of aromatic nitrogens is 2. The number of benzene rings is 1. The van der Waals surface area contributed by atoms with Crippen LogP contribution < -0.4 is 10.6 Å². The van der Waals surface area contributed by atoms with Gasteiger partial charge in [0.2, 0.25) is 5.91 Å². The van der Waals surface area contributed by atoms with Gasteiger partial charge in [0.15, 0.2) is 5.69 Å². The van der Waals surface area contributed by atoms with Crippen LogP contribution in [0.15, 0.2) is 24.3 Å². The van der Waals surface area contributed by atoms with Crippen LogP contribution in [0.2, 0.25) is 0 Å². The number of nitrogens with one attached hydrogen (secondary N) is 3. The molecule has 0 aliphatic carbocycles. The lowest BCUT2D eigenvalue weighted by atomic mass is 10.1. The number of amides is 2. The van der Waals surface area contributed by atoms with Crippen molar-refractivity contribution in [2.24, 2.45) is 0 Å². The largest absolute Gasteiger partial charge is 0.339 e. The molecule has 134 valence electrons. The van der Waals surface area contributed by atoms with E-state index in [1.807, 2.05) is 29.2 Å². The zero-order chi connectivity index (χ0) is 17.8. The van der Waals surface area contributed by atoms with E-state index < -0.39 is 6.04 Å². The van der Waals surface area contributed by atoms with Crippen LogP contribution >= 0.6 is 0 Å². The molecule has 2 amide bonds. The first-order valence-corrected chi connectivity index (χ1v) is 8.87. The van der Waals surface area contributed by atoms with Gasteiger partial charge in [-0.3, -0.25) is 14.7 Å². The molecule has 1 aliphatic heterocycles. The fraction of sp³-hybridized carbons (Fsp3) is 0.500. The summed E-state index contributed by atoms with van der Waals surface area (Å²) in [5.74, 6) is -0.372. The Kier molecular flexibility index (Phi) is 5.33. The van der Waals surface area contributed by atoms with Gasteiger partial charge < -0.3 is 15.5 Å². The summed E-state index contributed by atoms with van der Waals surface area (Å²) in [6, 6.07) is 7.07. The molecule has 3 rings (SSSR count). The monoisotopic (exact) mass is 343 g/mol. The van der Waals surface area contributed by atoms with Crippen LogP contribution in [0.25, 0.3) is 10.9 Å². The van der Waals surface area contributed by atoms with Gasteiger partial charge in [-0.1, -0.05) is 25.1 Å². The first-order valence-electron chi connectivity index (χ1n) is 8.87. The van der Waals surface area contributed by atoms with Gasteiger partial charge in [0.1, 0.15) is 6.04 Å². The van der Waals surface area contributed by atoms with Gasteiger partial charge in [-0.2, -0.15) is 5.10 Å². The van der Waals surface area contributed by atoms with Crippen LogP contribution in [-0.2, 0) is 4.79 Å². The van der Waals surface area contributed by atoms with Crippen molar-refractivity contribution in [1.82, 2.24) is 25.7 Å². The molecule has 1 aromatic carbocycles. The molecule has 3 N–H and O–H groups in total. The summed E-state index contributed by atoms with van der Waals surface area (Å²) in [6.45, 7) is 6.24. The maximum absolute atomic E-state index is 12.8. The summed E-state index contributed by atoms with van der Waals surface area (Å²) >= 11 is 0. The topological polar surface area (TPSA) is 90.1 Å². The van der Waals surface area contributed by atoms with Crippen molar-refractivity contribution < 1.29 is 9.59 Å². The Hall–Kier alpha value is -2.41. The molecule has 2 unspecified atom stereocenters. The van der Waals surface area contributed by atoms with E-state index in [1.54, 1.807) is 6.92 Å². The van der Waals surface area contributed by atoms with Gasteiger partial charge in [-0.25, -0.2) is 0 Å². The molecule has 7 nitrogen and oxygen atoms in total. The zero-order valence-electron chi connectivity index (χ0n) is 14.7. The number of fused-ring (bicyclic) bond motifs is 1. The smallest absolute Gasteiger partial charge is 0.273 e. The van der Waals surface area contributed by atoms with Gasteiger partial charge in [0, 0.05) is 24.5 Å². The maximum Gasteiger partial charge on any atom is 0.273 e. The lowest BCUT2D eigenvalue weighted by Gasteiger charge is -2.30. The van der Waals surface area contributed by atoms with Crippen LogP contribution in [-0.4, -0.2) is 58.6 Å². The average molecular weight is 343 g/mol. The first-order chi connectivity index (χ1) is 12.1. The number of carbonyl (C=O) groups excluding carboxylic acids is 2. The second-order valence-corrected chi connectivity index (χ2v) is 6.49. The van der Waals surface area contributed by atoms with Crippen molar-refractivity contribution >= 4 is 22.7 Å². The number of para-hydroxylation sites is 1. The van der Waals surface area contributed by atoms with E-state index in [1.165, 1.54) is 0 Å². The standard InChI is InChI=1S/C18H25N5O2/c1-3-10-23(13-8-9-19-11-13)18(25)12(2)20-17(24)16-14-6-4-5-7-15(14)21-22-16/h4-7,12-13,19H,3,8-11H2,1-2H3,(H,20,24)(H,21,22). The molecule has 2 heterocycles. The maximum atomic E-state index is 12.8. The van der Waals surface area contributed by atoms with Crippen LogP contribution in [0, 0.1) is 0 Å². The first kappa shape index (κ1) is 17.4. The molecule has 0 spiro atoms. The SMILES string of the molecule is CCCN(C(=O)C(C)NC(=O)c1n[nH]c2ccccc12)C1CCNC1. The van der Waals surface area contributed by atoms with Gasteiger partial charge in [-0.05, 0) is 32.4 Å². The second-order valence-electron chi connectivity index (χ2n) is 6.49. The van der Waals surface area contributed by atoms with Crippen LogP contribution in [0.4, 0.5) is 0 Å². The molecule has 25 heavy (non-hydrogen) atoms. The highest BCUT2D eigenvalue weighted by molar-refractivity contribution is 6.05. The molecular formula is C18H25N5O2. The van der Waals surface area contributed by atoms with Crippen molar-refractivity contribution in [3.8, 4) is 0 Å². The Morgan fingerprint density at radius 2 is 2.20 bits per heavy atom. The molecule has 7 heteroatoms. The van der Waals surface area contributed by atoms with Gasteiger partial charge in [0.05, 0.1) is 5.52 Å². The molecule has 0 bridgehead atoms. The second kappa shape index (κ2) is 7.65. The number of nitrogens with zero attached hydrogens (tertiary/aromatic N) is 2. The minimum Gasteiger partial charge on any atom is -0.339 e. The molecule has 0 saturated carbocycles. The molecule has 2 atom stereocenters. The lowest BCUT2D eigenvalue weighted by molar-refractivity contribution is -0.134. The summed E-state index contributed by atoms with van der Waals surface area (Å²) in [6.07, 6.45) is 1.85. The normalized spacial score (nSPS) is 18.2. The third kappa shape index (κ3) is 3.66. The fourth-order valence-electron chi connectivity index (χ4n) is 3.33. The summed E-state index contributed by atoms with van der Waals surface area (Å²) in [4.78, 5) is 27.3. The minimum atomic E-state index is -0.588.